The number of anilines is 2. The quantitative estimate of drug-likeness (QED) is 0.481. The van der Waals surface area contributed by atoms with Crippen LogP contribution in [0.15, 0.2) is 77.8 Å². The molecule has 8 heteroatoms. The van der Waals surface area contributed by atoms with Crippen molar-refractivity contribution < 1.29 is 13.2 Å². The Kier molecular flexibility index (Phi) is 5.54. The number of aromatic nitrogens is 2. The summed E-state index contributed by atoms with van der Waals surface area (Å²) in [5.41, 5.74) is 2.96. The van der Waals surface area contributed by atoms with Crippen LogP contribution in [0.4, 0.5) is 11.6 Å². The number of rotatable bonds is 4. The van der Waals surface area contributed by atoms with Gasteiger partial charge in [-0.15, -0.1) is 0 Å². The van der Waals surface area contributed by atoms with Crippen LogP contribution in [0, 0.1) is 11.8 Å². The Morgan fingerprint density at radius 1 is 0.968 bits per heavy atom. The Labute approximate surface area is 180 Å². The number of fused-ring (bicyclic) bond motifs is 1. The third-order valence-electron chi connectivity index (χ3n) is 4.43. The zero-order valence-corrected chi connectivity index (χ0v) is 17.3. The van der Waals surface area contributed by atoms with Gasteiger partial charge in [-0.1, -0.05) is 30.0 Å². The number of ether oxygens (including phenoxy) is 1. The minimum absolute atomic E-state index is 0.0308. The number of nitrogens with one attached hydrogen (secondary N) is 1. The molecule has 31 heavy (non-hydrogen) atoms. The molecular weight excluding hydrogens is 412 g/mol. The van der Waals surface area contributed by atoms with Crippen molar-refractivity contribution >= 4 is 32.6 Å². The van der Waals surface area contributed by atoms with Crippen LogP contribution in [0.1, 0.15) is 11.1 Å². The summed E-state index contributed by atoms with van der Waals surface area (Å²) in [5, 5.41) is 8.95. The van der Waals surface area contributed by atoms with E-state index in [9.17, 15) is 8.42 Å². The molecule has 0 bridgehead atoms. The second-order valence-electron chi connectivity index (χ2n) is 6.62. The highest BCUT2D eigenvalue weighted by Crippen LogP contribution is 2.27. The van der Waals surface area contributed by atoms with E-state index < -0.39 is 10.0 Å². The normalized spacial score (nSPS) is 10.9. The van der Waals surface area contributed by atoms with Gasteiger partial charge in [0, 0.05) is 28.4 Å². The van der Waals surface area contributed by atoms with E-state index in [4.69, 9.17) is 9.88 Å². The molecule has 0 atom stereocenters. The molecule has 0 unspecified atom stereocenters. The van der Waals surface area contributed by atoms with Crippen molar-refractivity contribution in [3.8, 4) is 17.6 Å². The first kappa shape index (κ1) is 20.3. The largest absolute Gasteiger partial charge is 0.494 e. The number of nitrogens with zero attached hydrogens (tertiary/aromatic N) is 2. The van der Waals surface area contributed by atoms with Crippen LogP contribution in [0.2, 0.25) is 0 Å². The first-order valence-electron chi connectivity index (χ1n) is 9.24. The highest BCUT2D eigenvalue weighted by atomic mass is 32.2. The van der Waals surface area contributed by atoms with E-state index in [0.29, 0.717) is 22.9 Å². The van der Waals surface area contributed by atoms with Crippen LogP contribution in [-0.2, 0) is 10.0 Å². The third kappa shape index (κ3) is 4.80. The van der Waals surface area contributed by atoms with Gasteiger partial charge in [-0.25, -0.2) is 23.5 Å². The number of benzene rings is 3. The van der Waals surface area contributed by atoms with Crippen molar-refractivity contribution in [2.24, 2.45) is 5.14 Å². The van der Waals surface area contributed by atoms with Gasteiger partial charge in [-0.05, 0) is 48.5 Å². The molecule has 0 aliphatic carbocycles. The van der Waals surface area contributed by atoms with Gasteiger partial charge in [0.1, 0.15) is 11.3 Å². The summed E-state index contributed by atoms with van der Waals surface area (Å²) in [5.74, 6) is 7.18. The second-order valence-corrected chi connectivity index (χ2v) is 8.18. The average molecular weight is 430 g/mol. The predicted molar refractivity (Wildman–Crippen MR) is 120 cm³/mol. The summed E-state index contributed by atoms with van der Waals surface area (Å²) in [6.07, 6.45) is 1.68. The molecule has 0 aliphatic rings. The van der Waals surface area contributed by atoms with Gasteiger partial charge in [0.2, 0.25) is 16.0 Å². The maximum absolute atomic E-state index is 11.4. The van der Waals surface area contributed by atoms with Crippen molar-refractivity contribution in [2.45, 2.75) is 4.90 Å². The smallest absolute Gasteiger partial charge is 0.238 e. The van der Waals surface area contributed by atoms with E-state index in [2.05, 4.69) is 27.1 Å². The molecule has 0 spiro atoms. The molecule has 0 aliphatic heterocycles. The first-order valence-corrected chi connectivity index (χ1v) is 10.8. The molecule has 1 heterocycles. The minimum atomic E-state index is -3.74. The lowest BCUT2D eigenvalue weighted by Crippen LogP contribution is -2.11. The molecule has 4 aromatic rings. The maximum Gasteiger partial charge on any atom is 0.238 e. The summed E-state index contributed by atoms with van der Waals surface area (Å²) < 4.78 is 28.3. The fourth-order valence-electron chi connectivity index (χ4n) is 2.92. The summed E-state index contributed by atoms with van der Waals surface area (Å²) >= 11 is 0. The second kappa shape index (κ2) is 8.44. The molecule has 0 fully saturated rings. The molecule has 4 rings (SSSR count). The molecule has 3 N–H and O–H groups in total. The summed E-state index contributed by atoms with van der Waals surface area (Å²) in [4.78, 5) is 8.90. The van der Waals surface area contributed by atoms with Crippen LogP contribution in [0.5, 0.6) is 5.75 Å². The Morgan fingerprint density at radius 3 is 2.35 bits per heavy atom. The summed E-state index contributed by atoms with van der Waals surface area (Å²) in [7, 11) is -2.17. The van der Waals surface area contributed by atoms with E-state index in [1.165, 1.54) is 12.1 Å². The standard InChI is InChI=1S/C23H18N4O3S/c1-30-21-14-17(8-7-16-5-3-2-4-6-16)13-18-15-25-23(27-22(18)21)26-19-9-11-20(12-10-19)31(24,28)29/h2-6,9-15H,1H3,(H2,24,28,29)(H,25,26,27). The van der Waals surface area contributed by atoms with Crippen LogP contribution < -0.4 is 15.2 Å². The van der Waals surface area contributed by atoms with Crippen molar-refractivity contribution in [1.29, 1.82) is 0 Å². The van der Waals surface area contributed by atoms with Gasteiger partial charge in [0.15, 0.2) is 0 Å². The monoisotopic (exact) mass is 430 g/mol. The van der Waals surface area contributed by atoms with Gasteiger partial charge in [0.05, 0.1) is 12.0 Å². The summed E-state index contributed by atoms with van der Waals surface area (Å²) in [6, 6.07) is 19.5. The molecule has 0 saturated carbocycles. The lowest BCUT2D eigenvalue weighted by molar-refractivity contribution is 0.419. The van der Waals surface area contributed by atoms with Crippen LogP contribution >= 0.6 is 0 Å². The van der Waals surface area contributed by atoms with Crippen LogP contribution in [0.3, 0.4) is 0 Å². The Hall–Kier alpha value is -3.93. The average Bonchev–Trinajstić information content (AvgIpc) is 2.77. The van der Waals surface area contributed by atoms with Crippen LogP contribution in [-0.4, -0.2) is 25.5 Å². The predicted octanol–water partition coefficient (Wildman–Crippen LogP) is 3.43. The van der Waals surface area contributed by atoms with E-state index in [-0.39, 0.29) is 4.90 Å². The minimum Gasteiger partial charge on any atom is -0.494 e. The maximum atomic E-state index is 11.4. The van der Waals surface area contributed by atoms with Crippen molar-refractivity contribution in [3.05, 3.63) is 84.1 Å². The van der Waals surface area contributed by atoms with Gasteiger partial charge in [-0.3, -0.25) is 0 Å². The Morgan fingerprint density at radius 2 is 1.68 bits per heavy atom. The number of primary sulfonamides is 1. The van der Waals surface area contributed by atoms with Crippen molar-refractivity contribution in [3.63, 3.8) is 0 Å². The SMILES string of the molecule is COc1cc(C#Cc2ccccc2)cc2cnc(Nc3ccc(S(N)(=O)=O)cc3)nc12. The third-order valence-corrected chi connectivity index (χ3v) is 5.36. The van der Waals surface area contributed by atoms with E-state index >= 15 is 0 Å². The number of sulfonamides is 1. The number of hydrogen-bond donors (Lipinski definition) is 2. The zero-order valence-electron chi connectivity index (χ0n) is 16.5. The molecule has 1 aromatic heterocycles. The fourth-order valence-corrected chi connectivity index (χ4v) is 3.44. The first-order chi connectivity index (χ1) is 14.9. The molecule has 3 aromatic carbocycles. The lowest BCUT2D eigenvalue weighted by atomic mass is 10.1. The van der Waals surface area contributed by atoms with Crippen molar-refractivity contribution in [1.82, 2.24) is 9.97 Å². The van der Waals surface area contributed by atoms with Crippen LogP contribution in [0.25, 0.3) is 10.9 Å². The Bertz CT molecular complexity index is 1410. The van der Waals surface area contributed by atoms with E-state index in [1.54, 1.807) is 25.4 Å². The number of hydrogen-bond acceptors (Lipinski definition) is 6. The molecular formula is C23H18N4O3S. The molecule has 0 radical (unpaired) electrons. The Balaban J connectivity index is 1.64. The highest BCUT2D eigenvalue weighted by Gasteiger charge is 2.10. The van der Waals surface area contributed by atoms with Gasteiger partial charge in [0.25, 0.3) is 0 Å². The van der Waals surface area contributed by atoms with Gasteiger partial charge >= 0.3 is 0 Å². The lowest BCUT2D eigenvalue weighted by Gasteiger charge is -2.09. The topological polar surface area (TPSA) is 107 Å². The van der Waals surface area contributed by atoms with Gasteiger partial charge in [-0.2, -0.15) is 0 Å². The molecule has 0 amide bonds. The highest BCUT2D eigenvalue weighted by molar-refractivity contribution is 7.89. The zero-order chi connectivity index (χ0) is 21.8. The summed E-state index contributed by atoms with van der Waals surface area (Å²) in [6.45, 7) is 0. The van der Waals surface area contributed by atoms with E-state index in [0.717, 1.165) is 16.5 Å². The molecule has 154 valence electrons. The van der Waals surface area contributed by atoms with Gasteiger partial charge < -0.3 is 10.1 Å². The molecule has 7 nitrogen and oxygen atoms in total. The fraction of sp³-hybridized carbons (Fsp3) is 0.0435. The number of nitrogens with two attached hydrogens (primary N) is 1. The van der Waals surface area contributed by atoms with Crippen molar-refractivity contribution in [2.75, 3.05) is 12.4 Å². The number of methoxy groups -OCH3 is 1. The molecule has 0 saturated heterocycles. The van der Waals surface area contributed by atoms with E-state index in [1.807, 2.05) is 42.5 Å².